The number of halogens is 3. The van der Waals surface area contributed by atoms with Crippen LogP contribution in [0, 0.1) is 23.4 Å². The van der Waals surface area contributed by atoms with Crippen LogP contribution in [0.15, 0.2) is 12.1 Å². The summed E-state index contributed by atoms with van der Waals surface area (Å²) in [6, 6.07) is 1.59. The standard InChI is InChI=1S/C15H18F3NO2/c1-2-13(9-6-10(20)7-9)19-14(21)5-8-3-11(16)15(18)12(17)4-8/h3-4,9-10,13,20H,2,5-7H2,1H3,(H,19,21)/t9?,10?,13-/m1/s1. The number of nitrogens with one attached hydrogen (secondary N) is 1. The molecular weight excluding hydrogens is 283 g/mol. The van der Waals surface area contributed by atoms with Crippen LogP contribution >= 0.6 is 0 Å². The molecule has 0 aliphatic heterocycles. The fourth-order valence-corrected chi connectivity index (χ4v) is 2.66. The number of rotatable bonds is 5. The first-order chi connectivity index (χ1) is 9.90. The summed E-state index contributed by atoms with van der Waals surface area (Å²) in [7, 11) is 0. The van der Waals surface area contributed by atoms with Gasteiger partial charge in [0.15, 0.2) is 17.5 Å². The molecule has 6 heteroatoms. The summed E-state index contributed by atoms with van der Waals surface area (Å²) in [5.74, 6) is -4.27. The fraction of sp³-hybridized carbons (Fsp3) is 0.533. The molecule has 0 spiro atoms. The topological polar surface area (TPSA) is 49.3 Å². The van der Waals surface area contributed by atoms with Gasteiger partial charge in [0, 0.05) is 6.04 Å². The highest BCUT2D eigenvalue weighted by Crippen LogP contribution is 2.31. The predicted octanol–water partition coefficient (Wildman–Crippen LogP) is 2.31. The number of aliphatic hydroxyl groups is 1. The summed E-state index contributed by atoms with van der Waals surface area (Å²) < 4.78 is 39.0. The van der Waals surface area contributed by atoms with E-state index >= 15 is 0 Å². The van der Waals surface area contributed by atoms with Gasteiger partial charge >= 0.3 is 0 Å². The molecule has 0 heterocycles. The molecule has 0 bridgehead atoms. The molecule has 1 aromatic carbocycles. The first kappa shape index (κ1) is 15.8. The lowest BCUT2D eigenvalue weighted by Gasteiger charge is -2.37. The maximum atomic E-state index is 13.1. The molecule has 1 aliphatic rings. The number of carbonyl (C=O) groups excluding carboxylic acids is 1. The van der Waals surface area contributed by atoms with Gasteiger partial charge in [-0.2, -0.15) is 0 Å². The largest absolute Gasteiger partial charge is 0.393 e. The van der Waals surface area contributed by atoms with Crippen LogP contribution in [-0.2, 0) is 11.2 Å². The summed E-state index contributed by atoms with van der Waals surface area (Å²) >= 11 is 0. The van der Waals surface area contributed by atoms with Crippen molar-refractivity contribution in [2.75, 3.05) is 0 Å². The second-order valence-electron chi connectivity index (χ2n) is 5.52. The Kier molecular flexibility index (Phi) is 4.88. The average Bonchev–Trinajstić information content (AvgIpc) is 2.39. The lowest BCUT2D eigenvalue weighted by atomic mass is 9.76. The van der Waals surface area contributed by atoms with Crippen molar-refractivity contribution in [2.45, 2.75) is 44.8 Å². The van der Waals surface area contributed by atoms with E-state index < -0.39 is 17.5 Å². The summed E-state index contributed by atoms with van der Waals surface area (Å²) in [6.45, 7) is 1.92. The summed E-state index contributed by atoms with van der Waals surface area (Å²) in [5.41, 5.74) is 0.0902. The van der Waals surface area contributed by atoms with E-state index in [9.17, 15) is 23.1 Å². The van der Waals surface area contributed by atoms with Crippen LogP contribution < -0.4 is 5.32 Å². The van der Waals surface area contributed by atoms with E-state index in [1.807, 2.05) is 6.92 Å². The summed E-state index contributed by atoms with van der Waals surface area (Å²) in [4.78, 5) is 11.9. The smallest absolute Gasteiger partial charge is 0.224 e. The molecule has 2 N–H and O–H groups in total. The highest BCUT2D eigenvalue weighted by Gasteiger charge is 2.33. The zero-order valence-electron chi connectivity index (χ0n) is 11.7. The zero-order chi connectivity index (χ0) is 15.6. The third-order valence-corrected chi connectivity index (χ3v) is 3.91. The van der Waals surface area contributed by atoms with E-state index in [1.165, 1.54) is 0 Å². The quantitative estimate of drug-likeness (QED) is 0.820. The number of amides is 1. The SMILES string of the molecule is CC[C@@H](NC(=O)Cc1cc(F)c(F)c(F)c1)C1CC(O)C1. The Morgan fingerprint density at radius 2 is 1.90 bits per heavy atom. The van der Waals surface area contributed by atoms with E-state index in [2.05, 4.69) is 5.32 Å². The molecule has 1 amide bonds. The lowest BCUT2D eigenvalue weighted by molar-refractivity contribution is -0.122. The second kappa shape index (κ2) is 6.47. The van der Waals surface area contributed by atoms with Gasteiger partial charge < -0.3 is 10.4 Å². The van der Waals surface area contributed by atoms with Gasteiger partial charge in [0.1, 0.15) is 0 Å². The molecule has 1 aromatic rings. The van der Waals surface area contributed by atoms with Crippen molar-refractivity contribution in [1.82, 2.24) is 5.32 Å². The minimum absolute atomic E-state index is 0.0592. The van der Waals surface area contributed by atoms with Gasteiger partial charge in [-0.25, -0.2) is 13.2 Å². The van der Waals surface area contributed by atoms with Gasteiger partial charge in [0.05, 0.1) is 12.5 Å². The summed E-state index contributed by atoms with van der Waals surface area (Å²) in [6.07, 6.45) is 1.51. The van der Waals surface area contributed by atoms with Crippen molar-refractivity contribution >= 4 is 5.91 Å². The van der Waals surface area contributed by atoms with Crippen molar-refractivity contribution in [3.63, 3.8) is 0 Å². The van der Waals surface area contributed by atoms with Crippen molar-refractivity contribution in [3.8, 4) is 0 Å². The van der Waals surface area contributed by atoms with E-state index in [0.29, 0.717) is 12.8 Å². The van der Waals surface area contributed by atoms with Gasteiger partial charge in [-0.3, -0.25) is 4.79 Å². The summed E-state index contributed by atoms with van der Waals surface area (Å²) in [5, 5.41) is 12.1. The van der Waals surface area contributed by atoms with Gasteiger partial charge in [-0.15, -0.1) is 0 Å². The first-order valence-corrected chi connectivity index (χ1v) is 7.01. The normalized spacial score (nSPS) is 22.5. The fourth-order valence-electron chi connectivity index (χ4n) is 2.66. The van der Waals surface area contributed by atoms with Crippen molar-refractivity contribution in [2.24, 2.45) is 5.92 Å². The van der Waals surface area contributed by atoms with Crippen LogP contribution in [0.2, 0.25) is 0 Å². The Morgan fingerprint density at radius 1 is 1.33 bits per heavy atom. The Balaban J connectivity index is 1.95. The van der Waals surface area contributed by atoms with Crippen LogP contribution in [0.3, 0.4) is 0 Å². The minimum atomic E-state index is -1.53. The molecule has 116 valence electrons. The second-order valence-corrected chi connectivity index (χ2v) is 5.52. The number of hydrogen-bond acceptors (Lipinski definition) is 2. The van der Waals surface area contributed by atoms with Crippen molar-refractivity contribution in [1.29, 1.82) is 0 Å². The van der Waals surface area contributed by atoms with E-state index in [-0.39, 0.29) is 36.0 Å². The van der Waals surface area contributed by atoms with Crippen molar-refractivity contribution < 1.29 is 23.1 Å². The maximum absolute atomic E-state index is 13.1. The Bertz CT molecular complexity index is 507. The van der Waals surface area contributed by atoms with Crippen molar-refractivity contribution in [3.05, 3.63) is 35.1 Å². The minimum Gasteiger partial charge on any atom is -0.393 e. The highest BCUT2D eigenvalue weighted by molar-refractivity contribution is 5.78. The van der Waals surface area contributed by atoms with E-state index in [0.717, 1.165) is 18.6 Å². The van der Waals surface area contributed by atoms with Gasteiger partial charge in [0.2, 0.25) is 5.91 Å². The molecule has 2 rings (SSSR count). The van der Waals surface area contributed by atoms with Crippen LogP contribution in [0.25, 0.3) is 0 Å². The number of carbonyl (C=O) groups is 1. The zero-order valence-corrected chi connectivity index (χ0v) is 11.7. The molecular formula is C15H18F3NO2. The molecule has 3 nitrogen and oxygen atoms in total. The van der Waals surface area contributed by atoms with E-state index in [4.69, 9.17) is 0 Å². The molecule has 1 fully saturated rings. The van der Waals surface area contributed by atoms with E-state index in [1.54, 1.807) is 0 Å². The van der Waals surface area contributed by atoms with Crippen LogP contribution in [0.4, 0.5) is 13.2 Å². The Morgan fingerprint density at radius 3 is 2.38 bits per heavy atom. The predicted molar refractivity (Wildman–Crippen MR) is 71.0 cm³/mol. The molecule has 1 saturated carbocycles. The Labute approximate surface area is 121 Å². The molecule has 21 heavy (non-hydrogen) atoms. The third kappa shape index (κ3) is 3.75. The van der Waals surface area contributed by atoms with Gasteiger partial charge in [-0.05, 0) is 42.9 Å². The van der Waals surface area contributed by atoms with Gasteiger partial charge in [0.25, 0.3) is 0 Å². The van der Waals surface area contributed by atoms with Gasteiger partial charge in [-0.1, -0.05) is 6.92 Å². The van der Waals surface area contributed by atoms with Crippen LogP contribution in [-0.4, -0.2) is 23.2 Å². The first-order valence-electron chi connectivity index (χ1n) is 7.01. The molecule has 0 saturated heterocycles. The third-order valence-electron chi connectivity index (χ3n) is 3.91. The molecule has 1 atom stereocenters. The Hall–Kier alpha value is -1.56. The average molecular weight is 301 g/mol. The monoisotopic (exact) mass is 301 g/mol. The molecule has 1 aliphatic carbocycles. The molecule has 0 aromatic heterocycles. The lowest BCUT2D eigenvalue weighted by Crippen LogP contribution is -2.47. The number of benzene rings is 1. The maximum Gasteiger partial charge on any atom is 0.224 e. The van der Waals surface area contributed by atoms with Crippen LogP contribution in [0.1, 0.15) is 31.7 Å². The van der Waals surface area contributed by atoms with Crippen LogP contribution in [0.5, 0.6) is 0 Å². The highest BCUT2D eigenvalue weighted by atomic mass is 19.2. The number of aliphatic hydroxyl groups excluding tert-OH is 1. The molecule has 0 radical (unpaired) electrons. The number of hydrogen-bond donors (Lipinski definition) is 2. The molecule has 0 unspecified atom stereocenters.